The number of rotatable bonds is 3. The largest absolute Gasteiger partial charge is 0.495 e. The summed E-state index contributed by atoms with van der Waals surface area (Å²) < 4.78 is 11.3. The fraction of sp³-hybridized carbons (Fsp3) is 0.0588. The third-order valence-corrected chi connectivity index (χ3v) is 4.11. The molecule has 0 bridgehead atoms. The number of hydrogen-bond donors (Lipinski definition) is 1. The Balaban J connectivity index is 1.94. The van der Waals surface area contributed by atoms with E-state index in [4.69, 9.17) is 20.8 Å². The van der Waals surface area contributed by atoms with Crippen molar-refractivity contribution in [1.82, 2.24) is 0 Å². The Hall–Kier alpha value is -2.31. The number of fused-ring (bicyclic) bond motifs is 1. The van der Waals surface area contributed by atoms with E-state index >= 15 is 0 Å². The molecule has 0 aliphatic rings. The summed E-state index contributed by atoms with van der Waals surface area (Å²) in [6.45, 7) is 0. The SMILES string of the molecule is COc1ccc(NC(=O)c2cc(=O)c3ccc(Br)cc3o2)cc1Cl. The van der Waals surface area contributed by atoms with Crippen LogP contribution in [0.15, 0.2) is 56.1 Å². The highest BCUT2D eigenvalue weighted by atomic mass is 79.9. The number of hydrogen-bond acceptors (Lipinski definition) is 4. The number of amides is 1. The van der Waals surface area contributed by atoms with E-state index in [2.05, 4.69) is 21.2 Å². The topological polar surface area (TPSA) is 68.5 Å². The first-order valence-electron chi connectivity index (χ1n) is 6.86. The Kier molecular flexibility index (Phi) is 4.59. The average Bonchev–Trinajstić information content (AvgIpc) is 2.54. The monoisotopic (exact) mass is 407 g/mol. The summed E-state index contributed by atoms with van der Waals surface area (Å²) in [6, 6.07) is 11.0. The first-order chi connectivity index (χ1) is 11.5. The molecule has 0 saturated heterocycles. The van der Waals surface area contributed by atoms with Gasteiger partial charge in [-0.15, -0.1) is 0 Å². The molecule has 1 aromatic heterocycles. The molecule has 0 spiro atoms. The van der Waals surface area contributed by atoms with Crippen molar-refractivity contribution < 1.29 is 13.9 Å². The predicted molar refractivity (Wildman–Crippen MR) is 96.1 cm³/mol. The Morgan fingerprint density at radius 1 is 1.21 bits per heavy atom. The van der Waals surface area contributed by atoms with Crippen LogP contribution in [0.5, 0.6) is 5.75 Å². The first kappa shape index (κ1) is 16.5. The van der Waals surface area contributed by atoms with Crippen molar-refractivity contribution in [3.63, 3.8) is 0 Å². The molecule has 5 nitrogen and oxygen atoms in total. The number of nitrogens with one attached hydrogen (secondary N) is 1. The van der Waals surface area contributed by atoms with Gasteiger partial charge >= 0.3 is 0 Å². The molecule has 0 saturated carbocycles. The van der Waals surface area contributed by atoms with Crippen LogP contribution in [0.25, 0.3) is 11.0 Å². The first-order valence-corrected chi connectivity index (χ1v) is 8.03. The van der Waals surface area contributed by atoms with Gasteiger partial charge < -0.3 is 14.5 Å². The van der Waals surface area contributed by atoms with Crippen molar-refractivity contribution in [3.8, 4) is 5.75 Å². The van der Waals surface area contributed by atoms with Crippen molar-refractivity contribution in [2.45, 2.75) is 0 Å². The van der Waals surface area contributed by atoms with Gasteiger partial charge in [-0.2, -0.15) is 0 Å². The zero-order valence-electron chi connectivity index (χ0n) is 12.4. The third kappa shape index (κ3) is 3.29. The van der Waals surface area contributed by atoms with Crippen LogP contribution in [-0.4, -0.2) is 13.0 Å². The lowest BCUT2D eigenvalue weighted by Gasteiger charge is -2.08. The lowest BCUT2D eigenvalue weighted by atomic mass is 10.2. The fourth-order valence-electron chi connectivity index (χ4n) is 2.18. The van der Waals surface area contributed by atoms with E-state index in [0.717, 1.165) is 10.5 Å². The van der Waals surface area contributed by atoms with Gasteiger partial charge in [-0.3, -0.25) is 9.59 Å². The normalized spacial score (nSPS) is 10.6. The summed E-state index contributed by atoms with van der Waals surface area (Å²) in [5.41, 5.74) is 0.499. The fourth-order valence-corrected chi connectivity index (χ4v) is 2.78. The predicted octanol–water partition coefficient (Wildman–Crippen LogP) is 4.47. The molecule has 122 valence electrons. The van der Waals surface area contributed by atoms with E-state index in [-0.39, 0.29) is 11.2 Å². The molecule has 2 aromatic carbocycles. The zero-order valence-corrected chi connectivity index (χ0v) is 14.8. The molecule has 3 aromatic rings. The summed E-state index contributed by atoms with van der Waals surface area (Å²) in [5.74, 6) is -0.135. The van der Waals surface area contributed by atoms with Gasteiger partial charge in [-0.25, -0.2) is 0 Å². The summed E-state index contributed by atoms with van der Waals surface area (Å²) in [5, 5.41) is 3.40. The molecular weight excluding hydrogens is 398 g/mol. The molecule has 0 radical (unpaired) electrons. The second kappa shape index (κ2) is 6.67. The highest BCUT2D eigenvalue weighted by Gasteiger charge is 2.13. The van der Waals surface area contributed by atoms with Gasteiger partial charge in [0.2, 0.25) is 0 Å². The molecule has 0 fully saturated rings. The molecule has 3 rings (SSSR count). The van der Waals surface area contributed by atoms with E-state index in [9.17, 15) is 9.59 Å². The number of carbonyl (C=O) groups is 1. The second-order valence-corrected chi connectivity index (χ2v) is 6.24. The number of carbonyl (C=O) groups excluding carboxylic acids is 1. The summed E-state index contributed by atoms with van der Waals surface area (Å²) in [7, 11) is 1.50. The van der Waals surface area contributed by atoms with Gasteiger partial charge in [0, 0.05) is 16.2 Å². The van der Waals surface area contributed by atoms with Crippen molar-refractivity contribution in [3.05, 3.63) is 67.9 Å². The van der Waals surface area contributed by atoms with Gasteiger partial charge in [-0.05, 0) is 36.4 Å². The lowest BCUT2D eigenvalue weighted by molar-refractivity contribution is 0.0997. The smallest absolute Gasteiger partial charge is 0.291 e. The van der Waals surface area contributed by atoms with Crippen molar-refractivity contribution >= 4 is 50.1 Å². The van der Waals surface area contributed by atoms with Crippen LogP contribution >= 0.6 is 27.5 Å². The number of ether oxygens (including phenoxy) is 1. The molecule has 0 atom stereocenters. The number of methoxy groups -OCH3 is 1. The molecule has 7 heteroatoms. The van der Waals surface area contributed by atoms with Crippen LogP contribution in [0.1, 0.15) is 10.6 Å². The molecule has 24 heavy (non-hydrogen) atoms. The maximum Gasteiger partial charge on any atom is 0.291 e. The average molecular weight is 409 g/mol. The highest BCUT2D eigenvalue weighted by molar-refractivity contribution is 9.10. The molecule has 0 aliphatic carbocycles. The minimum atomic E-state index is -0.546. The molecule has 1 heterocycles. The van der Waals surface area contributed by atoms with Crippen molar-refractivity contribution in [2.75, 3.05) is 12.4 Å². The molecular formula is C17H11BrClNO4. The quantitative estimate of drug-likeness (QED) is 0.694. The van der Waals surface area contributed by atoms with E-state index in [1.165, 1.54) is 7.11 Å². The molecule has 1 amide bonds. The van der Waals surface area contributed by atoms with Crippen LogP contribution in [0.2, 0.25) is 5.02 Å². The second-order valence-electron chi connectivity index (χ2n) is 4.92. The van der Waals surface area contributed by atoms with Crippen LogP contribution in [0.4, 0.5) is 5.69 Å². The molecule has 1 N–H and O–H groups in total. The maximum absolute atomic E-state index is 12.3. The van der Waals surface area contributed by atoms with Crippen molar-refractivity contribution in [2.24, 2.45) is 0 Å². The number of benzene rings is 2. The number of anilines is 1. The van der Waals surface area contributed by atoms with Crippen molar-refractivity contribution in [1.29, 1.82) is 0 Å². The van der Waals surface area contributed by atoms with Crippen LogP contribution in [-0.2, 0) is 0 Å². The maximum atomic E-state index is 12.3. The Bertz CT molecular complexity index is 1000. The minimum absolute atomic E-state index is 0.0856. The minimum Gasteiger partial charge on any atom is -0.495 e. The van der Waals surface area contributed by atoms with Gasteiger partial charge in [-0.1, -0.05) is 27.5 Å². The zero-order chi connectivity index (χ0) is 17.3. The summed E-state index contributed by atoms with van der Waals surface area (Å²) in [6.07, 6.45) is 0. The van der Waals surface area contributed by atoms with Gasteiger partial charge in [0.05, 0.1) is 17.5 Å². The summed E-state index contributed by atoms with van der Waals surface area (Å²) in [4.78, 5) is 24.4. The Morgan fingerprint density at radius 3 is 2.71 bits per heavy atom. The van der Waals surface area contributed by atoms with Crippen LogP contribution < -0.4 is 15.5 Å². The van der Waals surface area contributed by atoms with E-state index in [0.29, 0.717) is 27.4 Å². The molecule has 0 aliphatic heterocycles. The van der Waals surface area contributed by atoms with E-state index < -0.39 is 5.91 Å². The van der Waals surface area contributed by atoms with Gasteiger partial charge in [0.25, 0.3) is 5.91 Å². The highest BCUT2D eigenvalue weighted by Crippen LogP contribution is 2.27. The van der Waals surface area contributed by atoms with Crippen LogP contribution in [0, 0.1) is 0 Å². The Morgan fingerprint density at radius 2 is 2.00 bits per heavy atom. The standard InChI is InChI=1S/C17H11BrClNO4/c1-23-14-5-3-10(7-12(14)19)20-17(22)16-8-13(21)11-4-2-9(18)6-15(11)24-16/h2-8H,1H3,(H,20,22). The third-order valence-electron chi connectivity index (χ3n) is 3.32. The Labute approximate surface area is 150 Å². The van der Waals surface area contributed by atoms with E-state index in [1.807, 2.05) is 0 Å². The van der Waals surface area contributed by atoms with Gasteiger partial charge in [0.1, 0.15) is 11.3 Å². The summed E-state index contributed by atoms with van der Waals surface area (Å²) >= 11 is 9.33. The lowest BCUT2D eigenvalue weighted by Crippen LogP contribution is -2.15. The number of halogens is 2. The van der Waals surface area contributed by atoms with Crippen LogP contribution in [0.3, 0.4) is 0 Å². The van der Waals surface area contributed by atoms with E-state index in [1.54, 1.807) is 36.4 Å². The van der Waals surface area contributed by atoms with Gasteiger partial charge in [0.15, 0.2) is 11.2 Å². The molecule has 0 unspecified atom stereocenters.